The third-order valence-electron chi connectivity index (χ3n) is 5.37. The van der Waals surface area contributed by atoms with Gasteiger partial charge in [0.15, 0.2) is 0 Å². The number of nitrogens with one attached hydrogen (secondary N) is 1. The number of nitrogens with two attached hydrogens (primary N) is 1. The first-order valence-corrected chi connectivity index (χ1v) is 10.6. The number of ether oxygens (including phenoxy) is 1. The summed E-state index contributed by atoms with van der Waals surface area (Å²) in [5.41, 5.74) is 7.59. The molecule has 1 aliphatic rings. The average molecular weight is 431 g/mol. The van der Waals surface area contributed by atoms with E-state index < -0.39 is 5.91 Å². The molecule has 3 aromatic rings. The van der Waals surface area contributed by atoms with Gasteiger partial charge in [-0.1, -0.05) is 18.2 Å². The standard InChI is InChI=1S/C25H26N4O3/c26-25(31)19-6-10-21(11-7-19)29-16-14-28(15-17-29)18-24(30)27-20-8-12-23(13-9-20)32-22-4-2-1-3-5-22/h1-13H,14-18H2,(H2,26,31)(H,27,30). The third kappa shape index (κ3) is 5.65. The second-order valence-corrected chi connectivity index (χ2v) is 7.66. The van der Waals surface area contributed by atoms with Gasteiger partial charge < -0.3 is 20.7 Å². The van der Waals surface area contributed by atoms with E-state index in [9.17, 15) is 9.59 Å². The van der Waals surface area contributed by atoms with E-state index >= 15 is 0 Å². The zero-order chi connectivity index (χ0) is 22.3. The minimum atomic E-state index is -0.425. The molecule has 164 valence electrons. The number of rotatable bonds is 7. The molecule has 32 heavy (non-hydrogen) atoms. The molecular weight excluding hydrogens is 404 g/mol. The van der Waals surface area contributed by atoms with Crippen molar-refractivity contribution in [3.8, 4) is 11.5 Å². The first kappa shape index (κ1) is 21.4. The summed E-state index contributed by atoms with van der Waals surface area (Å²) in [5, 5.41) is 2.95. The first-order chi connectivity index (χ1) is 15.6. The Kier molecular flexibility index (Phi) is 6.67. The summed E-state index contributed by atoms with van der Waals surface area (Å²) in [4.78, 5) is 28.1. The van der Waals surface area contributed by atoms with Crippen LogP contribution in [0.1, 0.15) is 10.4 Å². The second-order valence-electron chi connectivity index (χ2n) is 7.66. The predicted octanol–water partition coefficient (Wildman–Crippen LogP) is 3.34. The monoisotopic (exact) mass is 430 g/mol. The molecule has 4 rings (SSSR count). The first-order valence-electron chi connectivity index (χ1n) is 10.6. The van der Waals surface area contributed by atoms with Crippen LogP contribution >= 0.6 is 0 Å². The van der Waals surface area contributed by atoms with Gasteiger partial charge in [-0.05, 0) is 60.7 Å². The Morgan fingerprint density at radius 1 is 0.812 bits per heavy atom. The van der Waals surface area contributed by atoms with Gasteiger partial charge in [0.1, 0.15) is 11.5 Å². The van der Waals surface area contributed by atoms with E-state index in [-0.39, 0.29) is 5.91 Å². The number of carbonyl (C=O) groups excluding carboxylic acids is 2. The molecule has 1 aliphatic heterocycles. The normalized spacial score (nSPS) is 14.1. The fourth-order valence-electron chi connectivity index (χ4n) is 3.64. The number of amides is 2. The summed E-state index contributed by atoms with van der Waals surface area (Å²) in [5.74, 6) is 1.02. The fourth-order valence-corrected chi connectivity index (χ4v) is 3.64. The Bertz CT molecular complexity index is 1040. The molecule has 0 spiro atoms. The highest BCUT2D eigenvalue weighted by molar-refractivity contribution is 5.93. The lowest BCUT2D eigenvalue weighted by atomic mass is 10.1. The van der Waals surface area contributed by atoms with E-state index in [0.29, 0.717) is 17.9 Å². The van der Waals surface area contributed by atoms with Crippen molar-refractivity contribution in [3.05, 3.63) is 84.4 Å². The van der Waals surface area contributed by atoms with Gasteiger partial charge in [-0.15, -0.1) is 0 Å². The van der Waals surface area contributed by atoms with Crippen LogP contribution in [0, 0.1) is 0 Å². The van der Waals surface area contributed by atoms with Crippen molar-refractivity contribution in [2.24, 2.45) is 5.73 Å². The topological polar surface area (TPSA) is 87.9 Å². The number of nitrogens with zero attached hydrogens (tertiary/aromatic N) is 2. The molecule has 3 aromatic carbocycles. The van der Waals surface area contributed by atoms with Crippen molar-refractivity contribution in [1.82, 2.24) is 4.90 Å². The summed E-state index contributed by atoms with van der Waals surface area (Å²) >= 11 is 0. The highest BCUT2D eigenvalue weighted by Crippen LogP contribution is 2.23. The highest BCUT2D eigenvalue weighted by Gasteiger charge is 2.19. The molecule has 0 aromatic heterocycles. The number of benzene rings is 3. The van der Waals surface area contributed by atoms with E-state index in [1.165, 1.54) is 0 Å². The average Bonchev–Trinajstić information content (AvgIpc) is 2.81. The van der Waals surface area contributed by atoms with Crippen molar-refractivity contribution in [2.75, 3.05) is 42.9 Å². The van der Waals surface area contributed by atoms with Crippen molar-refractivity contribution >= 4 is 23.2 Å². The second kappa shape index (κ2) is 9.98. The fraction of sp³-hybridized carbons (Fsp3) is 0.200. The maximum absolute atomic E-state index is 12.5. The quantitative estimate of drug-likeness (QED) is 0.600. The van der Waals surface area contributed by atoms with Crippen molar-refractivity contribution in [3.63, 3.8) is 0 Å². The van der Waals surface area contributed by atoms with Crippen molar-refractivity contribution < 1.29 is 14.3 Å². The van der Waals surface area contributed by atoms with Gasteiger partial charge in [0.05, 0.1) is 6.54 Å². The summed E-state index contributed by atoms with van der Waals surface area (Å²) in [6.45, 7) is 3.55. The molecule has 1 heterocycles. The van der Waals surface area contributed by atoms with Crippen LogP contribution in [0.25, 0.3) is 0 Å². The van der Waals surface area contributed by atoms with Crippen LogP contribution in [0.15, 0.2) is 78.9 Å². The minimum absolute atomic E-state index is 0.0408. The molecule has 2 amide bonds. The van der Waals surface area contributed by atoms with Crippen LogP contribution in [0.4, 0.5) is 11.4 Å². The molecular formula is C25H26N4O3. The van der Waals surface area contributed by atoms with Crippen LogP contribution < -0.4 is 20.7 Å². The van der Waals surface area contributed by atoms with E-state index in [4.69, 9.17) is 10.5 Å². The van der Waals surface area contributed by atoms with Gasteiger partial charge in [0.25, 0.3) is 0 Å². The van der Waals surface area contributed by atoms with Crippen molar-refractivity contribution in [2.45, 2.75) is 0 Å². The van der Waals surface area contributed by atoms with E-state index in [2.05, 4.69) is 15.1 Å². The Hall–Kier alpha value is -3.84. The molecule has 0 aliphatic carbocycles. The molecule has 1 saturated heterocycles. The molecule has 0 atom stereocenters. The Morgan fingerprint density at radius 3 is 2.06 bits per heavy atom. The predicted molar refractivity (Wildman–Crippen MR) is 125 cm³/mol. The molecule has 0 unspecified atom stereocenters. The zero-order valence-corrected chi connectivity index (χ0v) is 17.7. The van der Waals surface area contributed by atoms with Crippen LogP contribution in [-0.2, 0) is 4.79 Å². The van der Waals surface area contributed by atoms with E-state index in [0.717, 1.165) is 43.3 Å². The van der Waals surface area contributed by atoms with Crippen LogP contribution in [0.5, 0.6) is 11.5 Å². The third-order valence-corrected chi connectivity index (χ3v) is 5.37. The lowest BCUT2D eigenvalue weighted by Gasteiger charge is -2.35. The number of anilines is 2. The van der Waals surface area contributed by atoms with Crippen LogP contribution in [-0.4, -0.2) is 49.4 Å². The lowest BCUT2D eigenvalue weighted by Crippen LogP contribution is -2.48. The minimum Gasteiger partial charge on any atom is -0.457 e. The number of hydrogen-bond donors (Lipinski definition) is 2. The largest absolute Gasteiger partial charge is 0.457 e. The van der Waals surface area contributed by atoms with Crippen molar-refractivity contribution in [1.29, 1.82) is 0 Å². The molecule has 7 nitrogen and oxygen atoms in total. The maximum Gasteiger partial charge on any atom is 0.248 e. The van der Waals surface area contributed by atoms with Gasteiger partial charge in [-0.2, -0.15) is 0 Å². The van der Waals surface area contributed by atoms with Crippen LogP contribution in [0.2, 0.25) is 0 Å². The molecule has 1 fully saturated rings. The van der Waals surface area contributed by atoms with Gasteiger partial charge in [0.2, 0.25) is 11.8 Å². The summed E-state index contributed by atoms with van der Waals surface area (Å²) in [7, 11) is 0. The van der Waals surface area contributed by atoms with Crippen LogP contribution in [0.3, 0.4) is 0 Å². The molecule has 7 heteroatoms. The summed E-state index contributed by atoms with van der Waals surface area (Å²) < 4.78 is 5.78. The van der Waals surface area contributed by atoms with Gasteiger partial charge in [-0.25, -0.2) is 0 Å². The number of para-hydroxylation sites is 1. The summed E-state index contributed by atoms with van der Waals surface area (Å²) in [6.07, 6.45) is 0. The Balaban J connectivity index is 1.23. The number of piperazine rings is 1. The smallest absolute Gasteiger partial charge is 0.248 e. The van der Waals surface area contributed by atoms with E-state index in [1.807, 2.05) is 66.7 Å². The molecule has 0 radical (unpaired) electrons. The molecule has 0 saturated carbocycles. The SMILES string of the molecule is NC(=O)c1ccc(N2CCN(CC(=O)Nc3ccc(Oc4ccccc4)cc3)CC2)cc1. The molecule has 0 bridgehead atoms. The highest BCUT2D eigenvalue weighted by atomic mass is 16.5. The number of carbonyl (C=O) groups is 2. The number of primary amides is 1. The van der Waals surface area contributed by atoms with Gasteiger partial charge in [-0.3, -0.25) is 14.5 Å². The van der Waals surface area contributed by atoms with E-state index in [1.54, 1.807) is 12.1 Å². The Labute approximate surface area is 187 Å². The molecule has 3 N–H and O–H groups in total. The summed E-state index contributed by atoms with van der Waals surface area (Å²) in [6, 6.07) is 24.2. The maximum atomic E-state index is 12.5. The van der Waals surface area contributed by atoms with Gasteiger partial charge in [0, 0.05) is 43.1 Å². The Morgan fingerprint density at radius 2 is 1.44 bits per heavy atom. The van der Waals surface area contributed by atoms with Gasteiger partial charge >= 0.3 is 0 Å². The lowest BCUT2D eigenvalue weighted by molar-refractivity contribution is -0.117. The number of hydrogen-bond acceptors (Lipinski definition) is 5. The zero-order valence-electron chi connectivity index (χ0n) is 17.7.